The summed E-state index contributed by atoms with van der Waals surface area (Å²) in [5.74, 6) is -3.07. The van der Waals surface area contributed by atoms with Crippen LogP contribution in [-0.2, 0) is 28.2 Å². The van der Waals surface area contributed by atoms with Gasteiger partial charge < -0.3 is 17.7 Å². The average molecular weight is 1370 g/mol. The highest BCUT2D eigenvalue weighted by molar-refractivity contribution is 6.13. The Labute approximate surface area is 622 Å². The summed E-state index contributed by atoms with van der Waals surface area (Å²) in [5.41, 5.74) is 22.7. The normalized spacial score (nSPS) is 16.0. The van der Waals surface area contributed by atoms with E-state index in [0.717, 1.165) is 83.6 Å². The quantitative estimate of drug-likeness (QED) is 0.145. The Kier molecular flexibility index (Phi) is 13.8. The number of rotatable bonds is 7. The summed E-state index contributed by atoms with van der Waals surface area (Å²) in [6.07, 6.45) is 7.60. The molecule has 12 heterocycles. The second-order valence-corrected chi connectivity index (χ2v) is 27.5. The summed E-state index contributed by atoms with van der Waals surface area (Å²) in [5, 5.41) is 5.81. The van der Waals surface area contributed by atoms with Gasteiger partial charge >= 0.3 is 0 Å². The van der Waals surface area contributed by atoms with Crippen LogP contribution < -0.4 is 18.3 Å². The van der Waals surface area contributed by atoms with Gasteiger partial charge in [0, 0.05) is 115 Å². The maximum absolute atomic E-state index is 8.52. The van der Waals surface area contributed by atoms with Crippen LogP contribution >= 0.6 is 0 Å². The van der Waals surface area contributed by atoms with Gasteiger partial charge in [0.2, 0.25) is 45.6 Å². The summed E-state index contributed by atoms with van der Waals surface area (Å²) in [7, 11) is 7.71. The molecule has 0 aliphatic heterocycles. The first-order valence-electron chi connectivity index (χ1n) is 42.6. The molecule has 0 saturated carbocycles. The average Bonchev–Trinajstić information content (AvgIpc) is 1.59. The molecule has 516 valence electrons. The van der Waals surface area contributed by atoms with Crippen molar-refractivity contribution in [3.8, 4) is 45.0 Å². The zero-order valence-electron chi connectivity index (χ0n) is 78.1. The molecule has 2 atom stereocenters. The highest BCUT2D eigenvalue weighted by Gasteiger charge is 2.28. The van der Waals surface area contributed by atoms with Crippen molar-refractivity contribution in [3.63, 3.8) is 0 Å². The first kappa shape index (κ1) is 51.4. The second-order valence-electron chi connectivity index (χ2n) is 27.5. The molecule has 102 heavy (non-hydrogen) atoms. The molecular formula is C90H96N8O4+4. The third-order valence-electron chi connectivity index (χ3n) is 19.4. The van der Waals surface area contributed by atoms with Gasteiger partial charge in [-0.25, -0.2) is 38.2 Å². The molecule has 12 nitrogen and oxygen atoms in total. The van der Waals surface area contributed by atoms with Crippen molar-refractivity contribution < 1.29 is 59.2 Å². The number of furan rings is 4. The van der Waals surface area contributed by atoms with E-state index in [1.54, 1.807) is 82.0 Å². The zero-order chi connectivity index (χ0) is 87.1. The number of hydrogen-bond acceptors (Lipinski definition) is 8. The van der Waals surface area contributed by atoms with Gasteiger partial charge in [-0.3, -0.25) is 0 Å². The van der Waals surface area contributed by atoms with E-state index in [2.05, 4.69) is 95.8 Å². The van der Waals surface area contributed by atoms with E-state index in [4.69, 9.17) is 41.0 Å². The fraction of sp³-hybridized carbons (Fsp3) is 0.289. The summed E-state index contributed by atoms with van der Waals surface area (Å²) >= 11 is 0. The molecule has 0 amide bonds. The summed E-state index contributed by atoms with van der Waals surface area (Å²) in [6, 6.07) is 38.2. The van der Waals surface area contributed by atoms with Crippen LogP contribution in [0.15, 0.2) is 164 Å². The van der Waals surface area contributed by atoms with Gasteiger partial charge in [-0.05, 0) is 200 Å². The molecule has 4 aromatic carbocycles. The van der Waals surface area contributed by atoms with Crippen LogP contribution in [0.2, 0.25) is 0 Å². The highest BCUT2D eigenvalue weighted by Crippen LogP contribution is 2.43. The van der Waals surface area contributed by atoms with Crippen LogP contribution in [0, 0.1) is 89.8 Å². The molecule has 12 aromatic heterocycles. The minimum atomic E-state index is -2.51. The van der Waals surface area contributed by atoms with Gasteiger partial charge in [0.1, 0.15) is 28.2 Å². The minimum absolute atomic E-state index is 0.179. The topological polar surface area (TPSA) is 120 Å². The van der Waals surface area contributed by atoms with Gasteiger partial charge in [-0.1, -0.05) is 89.9 Å². The van der Waals surface area contributed by atoms with Gasteiger partial charge in [0.25, 0.3) is 0 Å². The Hall–Kier alpha value is -10.7. The molecule has 0 bridgehead atoms. The summed E-state index contributed by atoms with van der Waals surface area (Å²) in [6.45, 7) is 14.5. The van der Waals surface area contributed by atoms with Crippen molar-refractivity contribution in [1.29, 1.82) is 0 Å². The molecule has 2 unspecified atom stereocenters. The second kappa shape index (κ2) is 27.3. The molecular weight excluding hydrogens is 1260 g/mol. The molecule has 16 aromatic rings. The zero-order valence-corrected chi connectivity index (χ0v) is 61.1. The number of pyridine rings is 8. The number of hydrogen-bond donors (Lipinski definition) is 0. The molecule has 16 rings (SSSR count). The lowest BCUT2D eigenvalue weighted by atomic mass is 9.95. The molecule has 0 aliphatic rings. The van der Waals surface area contributed by atoms with Crippen LogP contribution in [0.1, 0.15) is 172 Å². The Morgan fingerprint density at radius 2 is 0.725 bits per heavy atom. The Morgan fingerprint density at radius 1 is 0.343 bits per heavy atom. The first-order valence-corrected chi connectivity index (χ1v) is 34.1. The van der Waals surface area contributed by atoms with Gasteiger partial charge in [0.15, 0.2) is 47.1 Å². The molecule has 0 spiro atoms. The Bertz CT molecular complexity index is 6770. The van der Waals surface area contributed by atoms with Crippen molar-refractivity contribution in [2.24, 2.45) is 28.2 Å². The first-order chi connectivity index (χ1) is 55.3. The molecule has 0 saturated heterocycles. The number of aryl methyl sites for hydroxylation is 17. The Balaban J connectivity index is 0.000000138. The van der Waals surface area contributed by atoms with Crippen molar-refractivity contribution >= 4 is 88.3 Å². The molecule has 0 N–H and O–H groups in total. The highest BCUT2D eigenvalue weighted by atomic mass is 16.4. The van der Waals surface area contributed by atoms with Crippen LogP contribution in [0.25, 0.3) is 133 Å². The van der Waals surface area contributed by atoms with Gasteiger partial charge in [0.05, 0.1) is 43.8 Å². The van der Waals surface area contributed by atoms with Crippen molar-refractivity contribution in [2.75, 3.05) is 0 Å². The lowest BCUT2D eigenvalue weighted by Gasteiger charge is -2.11. The number of aromatic nitrogens is 8. The van der Waals surface area contributed by atoms with E-state index in [-0.39, 0.29) is 28.1 Å². The van der Waals surface area contributed by atoms with E-state index in [1.165, 1.54) is 30.5 Å². The molecule has 0 fully saturated rings. The number of fused-ring (bicyclic) bond motifs is 12. The third kappa shape index (κ3) is 12.7. The van der Waals surface area contributed by atoms with Gasteiger partial charge in [-0.2, -0.15) is 0 Å². The largest absolute Gasteiger partial charge is 0.437 e. The number of benzene rings is 4. The summed E-state index contributed by atoms with van der Waals surface area (Å²) in [4.78, 5) is 18.0. The maximum atomic E-state index is 8.52. The monoisotopic (exact) mass is 1370 g/mol. The number of nitrogens with zero attached hydrogens (tertiary/aromatic N) is 8. The molecule has 0 radical (unpaired) electrons. The van der Waals surface area contributed by atoms with Crippen molar-refractivity contribution in [1.82, 2.24) is 19.9 Å². The van der Waals surface area contributed by atoms with E-state index in [1.807, 2.05) is 118 Å². The van der Waals surface area contributed by atoms with Gasteiger partial charge in [-0.15, -0.1) is 0 Å². The minimum Gasteiger partial charge on any atom is -0.437 e. The van der Waals surface area contributed by atoms with E-state index in [0.29, 0.717) is 100 Å². The maximum Gasteiger partial charge on any atom is 0.227 e. The van der Waals surface area contributed by atoms with Crippen molar-refractivity contribution in [2.45, 2.75) is 149 Å². The lowest BCUT2D eigenvalue weighted by Crippen LogP contribution is -2.32. The lowest BCUT2D eigenvalue weighted by molar-refractivity contribution is -0.661. The predicted octanol–water partition coefficient (Wildman–Crippen LogP) is 21.3. The van der Waals surface area contributed by atoms with E-state index >= 15 is 0 Å². The van der Waals surface area contributed by atoms with Crippen LogP contribution in [0.4, 0.5) is 0 Å². The summed E-state index contributed by atoms with van der Waals surface area (Å²) < 4.78 is 168. The fourth-order valence-electron chi connectivity index (χ4n) is 14.2. The smallest absolute Gasteiger partial charge is 0.227 e. The standard InChI is InChI=1S/C24H27N2O.2C23H25N2O.C20H19N2O/c1-13(2)19-12-26(7)20(11-15(19)4)22-14(3)8-9-18-21-16(5)10-17(6)25-24(21)27-23(18)22;1-13(2)17-8-10-19(25(6)12-17)21-14(3)7-9-18-20-15(4)11-16(5)24-23(20)26-22(18)21;1-13(2)17-9-10-25(6)19(12-17)21-14(3)7-8-18-20-15(4)11-16(5)24-23(20)26-22(18)21;1-12-8-9-15-17-13(2)11-14(3)21-20(17)23-19(15)18(12)16-7-5-6-10-22(16)4/h8-13H,1-7H3;2*7-13H,1-6H3;5-11H,1-4H3/q4*+1/i1D3,5D3,13D;;1D3,4D3,13D;2D3. The van der Waals surface area contributed by atoms with E-state index in [9.17, 15) is 0 Å². The van der Waals surface area contributed by atoms with Crippen molar-refractivity contribution in [3.05, 3.63) is 236 Å². The van der Waals surface area contributed by atoms with Crippen LogP contribution in [0.3, 0.4) is 0 Å². The fourth-order valence-corrected chi connectivity index (χ4v) is 14.2. The van der Waals surface area contributed by atoms with Crippen LogP contribution in [-0.4, -0.2) is 19.9 Å². The van der Waals surface area contributed by atoms with E-state index < -0.39 is 46.0 Å². The van der Waals surface area contributed by atoms with Crippen LogP contribution in [0.5, 0.6) is 0 Å². The Morgan fingerprint density at radius 3 is 1.13 bits per heavy atom. The third-order valence-corrected chi connectivity index (χ3v) is 19.4. The molecule has 12 heteroatoms. The predicted molar refractivity (Wildman–Crippen MR) is 416 cm³/mol. The molecule has 0 aliphatic carbocycles. The SMILES string of the molecule is Cc1cc(C)c2c(n1)oc1c(-c3ccc(C(C)C)c[n+]3C)c(C)ccc12.[2H]C([2H])([2H])c1cc(C)nc2oc3c(-c4cc(C([2H])(C)C([2H])([2H])[2H])cc[n+]4C)c(C)ccc3c12.[2H]C([2H])([2H])c1cc(C)nc2oc3c(-c4cc(C)c(C([2H])(C)C([2H])([2H])[2H])c[n+]4C)c(C)ccc3c12.[2H]C([2H])([2H])c1cc(C)nc2oc3c(-c4cccc[n+]4C)c(C)ccc3c12.